The molecule has 3 aromatic carbocycles. The van der Waals surface area contributed by atoms with E-state index in [9.17, 15) is 22.8 Å². The highest BCUT2D eigenvalue weighted by Crippen LogP contribution is 2.26. The average Bonchev–Trinajstić information content (AvgIpc) is 2.78. The van der Waals surface area contributed by atoms with Gasteiger partial charge in [-0.1, -0.05) is 39.7 Å². The molecule has 172 valence electrons. The second-order valence-corrected chi connectivity index (χ2v) is 9.90. The quantitative estimate of drug-likeness (QED) is 0.278. The number of hydrogen-bond acceptors (Lipinski definition) is 6. The first-order valence-corrected chi connectivity index (χ1v) is 12.2. The van der Waals surface area contributed by atoms with Crippen LogP contribution in [0.25, 0.3) is 6.08 Å². The topological polar surface area (TPSA) is 110 Å². The van der Waals surface area contributed by atoms with Crippen molar-refractivity contribution in [2.24, 2.45) is 0 Å². The number of barbiturate groups is 1. The van der Waals surface area contributed by atoms with Crippen LogP contribution in [0, 0.1) is 0 Å². The van der Waals surface area contributed by atoms with Crippen LogP contribution >= 0.6 is 27.5 Å². The summed E-state index contributed by atoms with van der Waals surface area (Å²) in [5.41, 5.74) is 0.280. The van der Waals surface area contributed by atoms with Crippen LogP contribution in [0.2, 0.25) is 5.02 Å². The number of imide groups is 2. The van der Waals surface area contributed by atoms with E-state index in [1.54, 1.807) is 30.3 Å². The van der Waals surface area contributed by atoms with E-state index < -0.39 is 28.0 Å². The van der Waals surface area contributed by atoms with Gasteiger partial charge in [-0.2, -0.15) is 8.42 Å². The highest BCUT2D eigenvalue weighted by molar-refractivity contribution is 9.10. The minimum absolute atomic E-state index is 0.0335. The summed E-state index contributed by atoms with van der Waals surface area (Å²) in [6, 6.07) is 16.8. The van der Waals surface area contributed by atoms with Gasteiger partial charge >= 0.3 is 16.1 Å². The predicted octanol–water partition coefficient (Wildman–Crippen LogP) is 4.54. The van der Waals surface area contributed by atoms with Gasteiger partial charge in [0.05, 0.1) is 5.69 Å². The van der Waals surface area contributed by atoms with Gasteiger partial charge in [-0.05, 0) is 72.3 Å². The van der Waals surface area contributed by atoms with Crippen LogP contribution in [0.1, 0.15) is 5.56 Å². The van der Waals surface area contributed by atoms with Crippen LogP contribution in [-0.2, 0) is 19.7 Å². The molecule has 1 heterocycles. The molecule has 1 aliphatic rings. The molecule has 0 saturated carbocycles. The van der Waals surface area contributed by atoms with Crippen molar-refractivity contribution in [3.05, 3.63) is 93.4 Å². The fraction of sp³-hybridized carbons (Fsp3) is 0. The maximum Gasteiger partial charge on any atom is 0.339 e. The third kappa shape index (κ3) is 5.04. The minimum atomic E-state index is -4.14. The van der Waals surface area contributed by atoms with E-state index in [0.717, 1.165) is 9.37 Å². The first-order valence-electron chi connectivity index (χ1n) is 9.61. The van der Waals surface area contributed by atoms with E-state index in [0.29, 0.717) is 10.6 Å². The van der Waals surface area contributed by atoms with E-state index in [4.69, 9.17) is 15.8 Å². The highest BCUT2D eigenvalue weighted by atomic mass is 79.9. The lowest BCUT2D eigenvalue weighted by Crippen LogP contribution is -2.54. The fourth-order valence-corrected chi connectivity index (χ4v) is 4.39. The van der Waals surface area contributed by atoms with Crippen LogP contribution in [-0.4, -0.2) is 26.3 Å². The number of nitrogens with zero attached hydrogens (tertiary/aromatic N) is 1. The Hall–Kier alpha value is -3.47. The first-order chi connectivity index (χ1) is 16.1. The monoisotopic (exact) mass is 560 g/mol. The van der Waals surface area contributed by atoms with E-state index in [1.165, 1.54) is 48.5 Å². The number of amides is 4. The zero-order chi connectivity index (χ0) is 24.5. The van der Waals surface area contributed by atoms with Gasteiger partial charge in [-0.15, -0.1) is 0 Å². The molecule has 1 saturated heterocycles. The fourth-order valence-electron chi connectivity index (χ4n) is 3.08. The van der Waals surface area contributed by atoms with Gasteiger partial charge in [-0.3, -0.25) is 14.9 Å². The Kier molecular flexibility index (Phi) is 6.56. The minimum Gasteiger partial charge on any atom is -0.379 e. The Balaban J connectivity index is 1.63. The number of benzene rings is 3. The van der Waals surface area contributed by atoms with Gasteiger partial charge < -0.3 is 4.18 Å². The lowest BCUT2D eigenvalue weighted by atomic mass is 10.1. The molecule has 0 spiro atoms. The van der Waals surface area contributed by atoms with Crippen molar-refractivity contribution < 1.29 is 27.0 Å². The number of carbonyl (C=O) groups is 3. The van der Waals surface area contributed by atoms with Gasteiger partial charge in [0, 0.05) is 9.50 Å². The van der Waals surface area contributed by atoms with E-state index in [-0.39, 0.29) is 21.9 Å². The maximum absolute atomic E-state index is 13.0. The van der Waals surface area contributed by atoms with Crippen molar-refractivity contribution in [1.82, 2.24) is 5.32 Å². The zero-order valence-electron chi connectivity index (χ0n) is 17.1. The molecule has 1 aliphatic heterocycles. The molecule has 1 N–H and O–H groups in total. The SMILES string of the molecule is O=C1NC(=O)N(c2ccc(Br)cc2)C(=O)/C1=C\c1cccc(OS(=O)(=O)c2ccc(Cl)cc2)c1. The lowest BCUT2D eigenvalue weighted by Gasteiger charge is -2.26. The molecular formula is C23H14BrClN2O6S. The second kappa shape index (κ2) is 9.41. The number of nitrogens with one attached hydrogen (secondary N) is 1. The summed E-state index contributed by atoms with van der Waals surface area (Å²) in [7, 11) is -4.14. The van der Waals surface area contributed by atoms with Crippen molar-refractivity contribution in [3.8, 4) is 5.75 Å². The van der Waals surface area contributed by atoms with Gasteiger partial charge in [0.15, 0.2) is 0 Å². The highest BCUT2D eigenvalue weighted by Gasteiger charge is 2.36. The van der Waals surface area contributed by atoms with E-state index in [2.05, 4.69) is 21.2 Å². The van der Waals surface area contributed by atoms with Gasteiger partial charge in [0.25, 0.3) is 11.8 Å². The summed E-state index contributed by atoms with van der Waals surface area (Å²) in [5, 5.41) is 2.51. The Morgan fingerprint density at radius 2 is 1.62 bits per heavy atom. The summed E-state index contributed by atoms with van der Waals surface area (Å²) in [5.74, 6) is -1.73. The smallest absolute Gasteiger partial charge is 0.339 e. The molecule has 0 aromatic heterocycles. The second-order valence-electron chi connectivity index (χ2n) is 7.00. The standard InChI is InChI=1S/C23H14BrClN2O6S/c24-15-4-8-17(9-5-15)27-22(29)20(21(28)26-23(27)30)13-14-2-1-3-18(12-14)33-34(31,32)19-10-6-16(25)7-11-19/h1-13H,(H,26,28,30)/b20-13-. The maximum atomic E-state index is 13.0. The number of urea groups is 1. The Labute approximate surface area is 208 Å². The van der Waals surface area contributed by atoms with Crippen molar-refractivity contribution in [1.29, 1.82) is 0 Å². The molecule has 8 nitrogen and oxygen atoms in total. The third-order valence-corrected chi connectivity index (χ3v) is 6.71. The van der Waals surface area contributed by atoms with Crippen molar-refractivity contribution >= 4 is 67.3 Å². The van der Waals surface area contributed by atoms with Crippen molar-refractivity contribution in [2.45, 2.75) is 4.90 Å². The molecule has 4 amide bonds. The lowest BCUT2D eigenvalue weighted by molar-refractivity contribution is -0.122. The van der Waals surface area contributed by atoms with Crippen LogP contribution < -0.4 is 14.4 Å². The van der Waals surface area contributed by atoms with Gasteiger partial charge in [0.2, 0.25) is 0 Å². The average molecular weight is 562 g/mol. The largest absolute Gasteiger partial charge is 0.379 e. The number of rotatable bonds is 5. The molecule has 3 aromatic rings. The van der Waals surface area contributed by atoms with Crippen LogP contribution in [0.5, 0.6) is 5.75 Å². The zero-order valence-corrected chi connectivity index (χ0v) is 20.2. The summed E-state index contributed by atoms with van der Waals surface area (Å²) >= 11 is 9.08. The van der Waals surface area contributed by atoms with Gasteiger partial charge in [0.1, 0.15) is 16.2 Å². The van der Waals surface area contributed by atoms with Crippen LogP contribution in [0.15, 0.2) is 87.7 Å². The van der Waals surface area contributed by atoms with E-state index >= 15 is 0 Å². The van der Waals surface area contributed by atoms with Crippen molar-refractivity contribution in [2.75, 3.05) is 4.90 Å². The van der Waals surface area contributed by atoms with Crippen molar-refractivity contribution in [3.63, 3.8) is 0 Å². The molecule has 1 fully saturated rings. The van der Waals surface area contributed by atoms with Crippen LogP contribution in [0.3, 0.4) is 0 Å². The van der Waals surface area contributed by atoms with Crippen LogP contribution in [0.4, 0.5) is 10.5 Å². The molecule has 0 radical (unpaired) electrons. The molecule has 4 rings (SSSR count). The number of carbonyl (C=O) groups excluding carboxylic acids is 3. The van der Waals surface area contributed by atoms with E-state index in [1.807, 2.05) is 0 Å². The number of anilines is 1. The molecular weight excluding hydrogens is 548 g/mol. The molecule has 34 heavy (non-hydrogen) atoms. The molecule has 11 heteroatoms. The summed E-state index contributed by atoms with van der Waals surface area (Å²) < 4.78 is 31.0. The molecule has 0 atom stereocenters. The molecule has 0 aliphatic carbocycles. The molecule has 0 unspecified atom stereocenters. The predicted molar refractivity (Wildman–Crippen MR) is 129 cm³/mol. The van der Waals surface area contributed by atoms with Gasteiger partial charge in [-0.25, -0.2) is 9.69 Å². The normalized spacial score (nSPS) is 15.4. The Bertz CT molecular complexity index is 1440. The number of hydrogen-bond donors (Lipinski definition) is 1. The summed E-state index contributed by atoms with van der Waals surface area (Å²) in [6.07, 6.45) is 1.25. The summed E-state index contributed by atoms with van der Waals surface area (Å²) in [6.45, 7) is 0. The third-order valence-electron chi connectivity index (χ3n) is 4.66. The Morgan fingerprint density at radius 1 is 0.941 bits per heavy atom. The molecule has 0 bridgehead atoms. The Morgan fingerprint density at radius 3 is 2.29 bits per heavy atom. The number of halogens is 2. The first kappa shape index (κ1) is 23.7. The summed E-state index contributed by atoms with van der Waals surface area (Å²) in [4.78, 5) is 38.4.